The normalized spacial score (nSPS) is 16.8. The van der Waals surface area contributed by atoms with E-state index in [4.69, 9.17) is 21.4 Å². The molecule has 1 saturated carbocycles. The van der Waals surface area contributed by atoms with Crippen LogP contribution in [0.4, 0.5) is 0 Å². The Morgan fingerprint density at radius 2 is 2.24 bits per heavy atom. The Balaban J connectivity index is 2.36. The van der Waals surface area contributed by atoms with E-state index in [0.717, 1.165) is 24.0 Å². The molecule has 0 aliphatic heterocycles. The number of halogens is 1. The smallest absolute Gasteiger partial charge is 0.304 e. The minimum absolute atomic E-state index is 0.171. The summed E-state index contributed by atoms with van der Waals surface area (Å²) < 4.78 is 5.15. The lowest BCUT2D eigenvalue weighted by molar-refractivity contribution is -0.137. The molecule has 1 aliphatic carbocycles. The van der Waals surface area contributed by atoms with Gasteiger partial charge < -0.3 is 9.84 Å². The fourth-order valence-electron chi connectivity index (χ4n) is 2.31. The van der Waals surface area contributed by atoms with E-state index in [1.54, 1.807) is 7.11 Å². The second-order valence-electron chi connectivity index (χ2n) is 4.59. The molecule has 0 heterocycles. The number of carbonyl (C=O) groups is 1. The fourth-order valence-corrected chi connectivity index (χ4v) is 2.48. The summed E-state index contributed by atoms with van der Waals surface area (Å²) >= 11 is 6.00. The summed E-state index contributed by atoms with van der Waals surface area (Å²) in [7, 11) is 1.63. The Morgan fingerprint density at radius 1 is 1.53 bits per heavy atom. The van der Waals surface area contributed by atoms with Crippen LogP contribution in [0.3, 0.4) is 0 Å². The summed E-state index contributed by atoms with van der Waals surface area (Å²) in [6.45, 7) is 0.494. The highest BCUT2D eigenvalue weighted by Crippen LogP contribution is 2.52. The first-order valence-corrected chi connectivity index (χ1v) is 5.95. The van der Waals surface area contributed by atoms with Crippen LogP contribution in [0, 0.1) is 0 Å². The zero-order valence-corrected chi connectivity index (χ0v) is 10.5. The summed E-state index contributed by atoms with van der Waals surface area (Å²) in [4.78, 5) is 10.9. The SMILES string of the molecule is COCc1ccc(Cl)cc1C1(CC(=O)O)CC1. The van der Waals surface area contributed by atoms with Crippen molar-refractivity contribution in [1.82, 2.24) is 0 Å². The Labute approximate surface area is 105 Å². The molecule has 1 aromatic carbocycles. The molecular weight excluding hydrogens is 240 g/mol. The van der Waals surface area contributed by atoms with Crippen molar-refractivity contribution in [3.63, 3.8) is 0 Å². The van der Waals surface area contributed by atoms with E-state index in [9.17, 15) is 4.79 Å². The first-order valence-electron chi connectivity index (χ1n) is 5.57. The molecule has 0 radical (unpaired) electrons. The van der Waals surface area contributed by atoms with Crippen molar-refractivity contribution >= 4 is 17.6 Å². The summed E-state index contributed by atoms with van der Waals surface area (Å²) in [6, 6.07) is 5.62. The third-order valence-corrected chi connectivity index (χ3v) is 3.52. The van der Waals surface area contributed by atoms with Crippen molar-refractivity contribution in [2.45, 2.75) is 31.3 Å². The van der Waals surface area contributed by atoms with Gasteiger partial charge in [-0.1, -0.05) is 17.7 Å². The summed E-state index contributed by atoms with van der Waals surface area (Å²) in [5.41, 5.74) is 1.86. The fraction of sp³-hybridized carbons (Fsp3) is 0.462. The predicted molar refractivity (Wildman–Crippen MR) is 65.3 cm³/mol. The molecule has 92 valence electrons. The molecule has 0 aromatic heterocycles. The first kappa shape index (κ1) is 12.4. The molecule has 0 unspecified atom stereocenters. The van der Waals surface area contributed by atoms with Gasteiger partial charge in [-0.05, 0) is 36.1 Å². The Hall–Kier alpha value is -1.06. The number of aliphatic carboxylic acids is 1. The van der Waals surface area contributed by atoms with Gasteiger partial charge in [0, 0.05) is 17.5 Å². The first-order chi connectivity index (χ1) is 8.07. The summed E-state index contributed by atoms with van der Waals surface area (Å²) in [5.74, 6) is -0.758. The highest BCUT2D eigenvalue weighted by Gasteiger charge is 2.47. The van der Waals surface area contributed by atoms with E-state index < -0.39 is 5.97 Å². The topological polar surface area (TPSA) is 46.5 Å². The van der Waals surface area contributed by atoms with Crippen molar-refractivity contribution in [3.05, 3.63) is 34.3 Å². The third-order valence-electron chi connectivity index (χ3n) is 3.29. The quantitative estimate of drug-likeness (QED) is 0.879. The van der Waals surface area contributed by atoms with Crippen LogP contribution in [-0.4, -0.2) is 18.2 Å². The van der Waals surface area contributed by atoms with Crippen molar-refractivity contribution in [3.8, 4) is 0 Å². The monoisotopic (exact) mass is 254 g/mol. The number of carboxylic acid groups (broad SMARTS) is 1. The van der Waals surface area contributed by atoms with Gasteiger partial charge in [0.1, 0.15) is 0 Å². The molecule has 1 fully saturated rings. The van der Waals surface area contributed by atoms with Crippen LogP contribution >= 0.6 is 11.6 Å². The Bertz CT molecular complexity index is 438. The number of benzene rings is 1. The van der Waals surface area contributed by atoms with Gasteiger partial charge >= 0.3 is 5.97 Å². The molecular formula is C13H15ClO3. The van der Waals surface area contributed by atoms with Crippen LogP contribution in [0.1, 0.15) is 30.4 Å². The average Bonchev–Trinajstić information content (AvgIpc) is 3.01. The predicted octanol–water partition coefficient (Wildman–Crippen LogP) is 2.99. The number of hydrogen-bond donors (Lipinski definition) is 1. The lowest BCUT2D eigenvalue weighted by atomic mass is 9.89. The van der Waals surface area contributed by atoms with E-state index in [-0.39, 0.29) is 11.8 Å². The Kier molecular flexibility index (Phi) is 3.40. The lowest BCUT2D eigenvalue weighted by Gasteiger charge is -2.18. The van der Waals surface area contributed by atoms with E-state index in [1.807, 2.05) is 18.2 Å². The van der Waals surface area contributed by atoms with Crippen molar-refractivity contribution < 1.29 is 14.6 Å². The van der Waals surface area contributed by atoms with Crippen LogP contribution in [-0.2, 0) is 21.6 Å². The molecule has 0 saturated heterocycles. The number of methoxy groups -OCH3 is 1. The number of carboxylic acids is 1. The lowest BCUT2D eigenvalue weighted by Crippen LogP contribution is -2.15. The highest BCUT2D eigenvalue weighted by molar-refractivity contribution is 6.30. The van der Waals surface area contributed by atoms with Gasteiger partial charge in [-0.2, -0.15) is 0 Å². The minimum atomic E-state index is -0.758. The van der Waals surface area contributed by atoms with Crippen molar-refractivity contribution in [2.24, 2.45) is 0 Å². The van der Waals surface area contributed by atoms with Gasteiger partial charge in [-0.25, -0.2) is 0 Å². The molecule has 2 rings (SSSR count). The highest BCUT2D eigenvalue weighted by atomic mass is 35.5. The van der Waals surface area contributed by atoms with Gasteiger partial charge in [0.2, 0.25) is 0 Å². The standard InChI is InChI=1S/C13H15ClO3/c1-17-8-9-2-3-10(14)6-11(9)13(4-5-13)7-12(15)16/h2-3,6H,4-5,7-8H2,1H3,(H,15,16). The molecule has 0 bridgehead atoms. The minimum Gasteiger partial charge on any atom is -0.481 e. The zero-order chi connectivity index (χ0) is 12.5. The zero-order valence-electron chi connectivity index (χ0n) is 9.70. The maximum absolute atomic E-state index is 10.9. The van der Waals surface area contributed by atoms with E-state index in [1.165, 1.54) is 0 Å². The van der Waals surface area contributed by atoms with E-state index in [2.05, 4.69) is 0 Å². The second-order valence-corrected chi connectivity index (χ2v) is 5.02. The van der Waals surface area contributed by atoms with Crippen LogP contribution in [0.5, 0.6) is 0 Å². The van der Waals surface area contributed by atoms with Gasteiger partial charge in [-0.15, -0.1) is 0 Å². The van der Waals surface area contributed by atoms with Gasteiger partial charge in [-0.3, -0.25) is 4.79 Å². The second kappa shape index (κ2) is 4.67. The molecule has 3 nitrogen and oxygen atoms in total. The van der Waals surface area contributed by atoms with Gasteiger partial charge in [0.05, 0.1) is 13.0 Å². The molecule has 1 aromatic rings. The number of ether oxygens (including phenoxy) is 1. The van der Waals surface area contributed by atoms with E-state index in [0.29, 0.717) is 11.6 Å². The summed E-state index contributed by atoms with van der Waals surface area (Å²) in [5, 5.41) is 9.63. The number of rotatable bonds is 5. The maximum atomic E-state index is 10.9. The molecule has 1 N–H and O–H groups in total. The summed E-state index contributed by atoms with van der Waals surface area (Å²) in [6.07, 6.45) is 2.00. The maximum Gasteiger partial charge on any atom is 0.304 e. The number of hydrogen-bond acceptors (Lipinski definition) is 2. The van der Waals surface area contributed by atoms with Crippen molar-refractivity contribution in [1.29, 1.82) is 0 Å². The van der Waals surface area contributed by atoms with Crippen LogP contribution in [0.25, 0.3) is 0 Å². The molecule has 17 heavy (non-hydrogen) atoms. The Morgan fingerprint density at radius 3 is 2.76 bits per heavy atom. The van der Waals surface area contributed by atoms with Crippen molar-refractivity contribution in [2.75, 3.05) is 7.11 Å². The van der Waals surface area contributed by atoms with Crippen LogP contribution < -0.4 is 0 Å². The third kappa shape index (κ3) is 2.61. The molecule has 0 spiro atoms. The van der Waals surface area contributed by atoms with E-state index >= 15 is 0 Å². The van der Waals surface area contributed by atoms with Crippen LogP contribution in [0.2, 0.25) is 5.02 Å². The molecule has 4 heteroatoms. The molecule has 0 amide bonds. The van der Waals surface area contributed by atoms with Gasteiger partial charge in [0.25, 0.3) is 0 Å². The van der Waals surface area contributed by atoms with Gasteiger partial charge in [0.15, 0.2) is 0 Å². The largest absolute Gasteiger partial charge is 0.481 e. The average molecular weight is 255 g/mol. The molecule has 1 aliphatic rings. The van der Waals surface area contributed by atoms with Crippen LogP contribution in [0.15, 0.2) is 18.2 Å². The molecule has 0 atom stereocenters.